The van der Waals surface area contributed by atoms with Gasteiger partial charge in [0, 0.05) is 10.7 Å². The molecule has 0 saturated heterocycles. The zero-order chi connectivity index (χ0) is 13.0. The Hall–Kier alpha value is -1.51. The van der Waals surface area contributed by atoms with Crippen molar-refractivity contribution in [3.63, 3.8) is 0 Å². The largest absolute Gasteiger partial charge is 0.394 e. The Balaban J connectivity index is 2.20. The predicted molar refractivity (Wildman–Crippen MR) is 76.1 cm³/mol. The van der Waals surface area contributed by atoms with E-state index in [1.807, 2.05) is 55.5 Å². The molecule has 0 aliphatic heterocycles. The molecule has 0 fully saturated rings. The zero-order valence-corrected chi connectivity index (χ0v) is 11.0. The van der Waals surface area contributed by atoms with E-state index in [2.05, 4.69) is 5.32 Å². The molecule has 2 N–H and O–H groups in total. The molecular weight excluding hydrogens is 246 g/mol. The van der Waals surface area contributed by atoms with Gasteiger partial charge in [0.05, 0.1) is 12.6 Å². The Morgan fingerprint density at radius 1 is 1.11 bits per heavy atom. The van der Waals surface area contributed by atoms with Crippen LogP contribution in [0.2, 0.25) is 5.02 Å². The van der Waals surface area contributed by atoms with E-state index in [9.17, 15) is 5.11 Å². The molecular formula is C15H16ClNO. The number of aryl methyl sites for hydroxylation is 1. The number of aliphatic hydroxyl groups is 1. The summed E-state index contributed by atoms with van der Waals surface area (Å²) in [5.74, 6) is 0. The van der Waals surface area contributed by atoms with Crippen molar-refractivity contribution in [3.8, 4) is 0 Å². The van der Waals surface area contributed by atoms with Gasteiger partial charge in [0.1, 0.15) is 0 Å². The lowest BCUT2D eigenvalue weighted by molar-refractivity contribution is 0.276. The van der Waals surface area contributed by atoms with Gasteiger partial charge in [0.15, 0.2) is 0 Å². The van der Waals surface area contributed by atoms with Gasteiger partial charge in [0.25, 0.3) is 0 Å². The van der Waals surface area contributed by atoms with E-state index in [4.69, 9.17) is 11.6 Å². The number of rotatable bonds is 4. The van der Waals surface area contributed by atoms with Crippen LogP contribution in [-0.4, -0.2) is 11.7 Å². The average molecular weight is 262 g/mol. The maximum atomic E-state index is 9.51. The van der Waals surface area contributed by atoms with Crippen molar-refractivity contribution in [3.05, 3.63) is 64.7 Å². The highest BCUT2D eigenvalue weighted by Crippen LogP contribution is 2.23. The summed E-state index contributed by atoms with van der Waals surface area (Å²) in [6.07, 6.45) is 0. The highest BCUT2D eigenvalue weighted by atomic mass is 35.5. The van der Waals surface area contributed by atoms with Crippen molar-refractivity contribution in [2.45, 2.75) is 13.0 Å². The van der Waals surface area contributed by atoms with Gasteiger partial charge in [-0.15, -0.1) is 0 Å². The van der Waals surface area contributed by atoms with Crippen LogP contribution < -0.4 is 5.32 Å². The SMILES string of the molecule is Cc1ccccc1NC(CO)c1ccc(Cl)cc1. The van der Waals surface area contributed by atoms with Crippen LogP contribution in [0.3, 0.4) is 0 Å². The third-order valence-electron chi connectivity index (χ3n) is 2.93. The van der Waals surface area contributed by atoms with E-state index in [1.165, 1.54) is 0 Å². The minimum atomic E-state index is -0.122. The molecule has 0 aliphatic carbocycles. The van der Waals surface area contributed by atoms with Gasteiger partial charge in [0.2, 0.25) is 0 Å². The first-order valence-electron chi connectivity index (χ1n) is 5.89. The summed E-state index contributed by atoms with van der Waals surface area (Å²) in [5.41, 5.74) is 3.21. The molecule has 0 spiro atoms. The second-order valence-electron chi connectivity index (χ2n) is 4.25. The Bertz CT molecular complexity index is 510. The Morgan fingerprint density at radius 3 is 2.39 bits per heavy atom. The topological polar surface area (TPSA) is 32.3 Å². The maximum Gasteiger partial charge on any atom is 0.0745 e. The van der Waals surface area contributed by atoms with Gasteiger partial charge >= 0.3 is 0 Å². The lowest BCUT2D eigenvalue weighted by Crippen LogP contribution is -2.15. The van der Waals surface area contributed by atoms with Gasteiger partial charge in [-0.3, -0.25) is 0 Å². The number of nitrogens with one attached hydrogen (secondary N) is 1. The van der Waals surface area contributed by atoms with Crippen molar-refractivity contribution in [1.82, 2.24) is 0 Å². The first-order chi connectivity index (χ1) is 8.70. The lowest BCUT2D eigenvalue weighted by Gasteiger charge is -2.19. The van der Waals surface area contributed by atoms with Crippen molar-refractivity contribution < 1.29 is 5.11 Å². The number of benzene rings is 2. The minimum absolute atomic E-state index is 0.0377. The lowest BCUT2D eigenvalue weighted by atomic mass is 10.1. The van der Waals surface area contributed by atoms with Crippen molar-refractivity contribution >= 4 is 17.3 Å². The van der Waals surface area contributed by atoms with Crippen molar-refractivity contribution in [2.75, 3.05) is 11.9 Å². The van der Waals surface area contributed by atoms with Crippen LogP contribution in [0, 0.1) is 6.92 Å². The van der Waals surface area contributed by atoms with Gasteiger partial charge in [-0.2, -0.15) is 0 Å². The smallest absolute Gasteiger partial charge is 0.0745 e. The number of para-hydroxylation sites is 1. The van der Waals surface area contributed by atoms with Gasteiger partial charge in [-0.1, -0.05) is 41.9 Å². The summed E-state index contributed by atoms with van der Waals surface area (Å²) in [6, 6.07) is 15.4. The van der Waals surface area contributed by atoms with E-state index >= 15 is 0 Å². The number of anilines is 1. The fraction of sp³-hybridized carbons (Fsp3) is 0.200. The standard InChI is InChI=1S/C15H16ClNO/c1-11-4-2-3-5-14(11)17-15(10-18)12-6-8-13(16)9-7-12/h2-9,15,17-18H,10H2,1H3. The van der Waals surface area contributed by atoms with Gasteiger partial charge < -0.3 is 10.4 Å². The summed E-state index contributed by atoms with van der Waals surface area (Å²) in [6.45, 7) is 2.08. The fourth-order valence-electron chi connectivity index (χ4n) is 1.85. The summed E-state index contributed by atoms with van der Waals surface area (Å²) in [7, 11) is 0. The average Bonchev–Trinajstić information content (AvgIpc) is 2.39. The molecule has 1 atom stereocenters. The molecule has 3 heteroatoms. The van der Waals surface area contributed by atoms with Gasteiger partial charge in [-0.25, -0.2) is 0 Å². The van der Waals surface area contributed by atoms with Crippen LogP contribution in [0.1, 0.15) is 17.2 Å². The third-order valence-corrected chi connectivity index (χ3v) is 3.18. The minimum Gasteiger partial charge on any atom is -0.394 e. The molecule has 18 heavy (non-hydrogen) atoms. The van der Waals surface area contributed by atoms with Crippen molar-refractivity contribution in [2.24, 2.45) is 0 Å². The van der Waals surface area contributed by atoms with Crippen LogP contribution in [-0.2, 0) is 0 Å². The molecule has 0 bridgehead atoms. The summed E-state index contributed by atoms with van der Waals surface area (Å²) in [4.78, 5) is 0. The maximum absolute atomic E-state index is 9.51. The zero-order valence-electron chi connectivity index (χ0n) is 10.2. The monoisotopic (exact) mass is 261 g/mol. The Kier molecular flexibility index (Phi) is 4.24. The Morgan fingerprint density at radius 2 is 1.78 bits per heavy atom. The number of hydrogen-bond donors (Lipinski definition) is 2. The van der Waals surface area contributed by atoms with E-state index < -0.39 is 0 Å². The van der Waals surface area contributed by atoms with E-state index in [1.54, 1.807) is 0 Å². The second-order valence-corrected chi connectivity index (χ2v) is 4.68. The molecule has 0 saturated carbocycles. The molecule has 0 aromatic heterocycles. The molecule has 0 amide bonds. The molecule has 2 nitrogen and oxygen atoms in total. The summed E-state index contributed by atoms with van der Waals surface area (Å²) < 4.78 is 0. The molecule has 94 valence electrons. The van der Waals surface area contributed by atoms with E-state index in [-0.39, 0.29) is 12.6 Å². The van der Waals surface area contributed by atoms with Gasteiger partial charge in [-0.05, 0) is 36.2 Å². The second kappa shape index (κ2) is 5.89. The highest BCUT2D eigenvalue weighted by Gasteiger charge is 2.10. The molecule has 0 heterocycles. The molecule has 2 aromatic carbocycles. The molecule has 2 aromatic rings. The fourth-order valence-corrected chi connectivity index (χ4v) is 1.98. The molecule has 2 rings (SSSR count). The van der Waals surface area contributed by atoms with Crippen LogP contribution >= 0.6 is 11.6 Å². The first kappa shape index (κ1) is 12.9. The van der Waals surface area contributed by atoms with Crippen LogP contribution in [0.4, 0.5) is 5.69 Å². The van der Waals surface area contributed by atoms with E-state index in [0.717, 1.165) is 16.8 Å². The van der Waals surface area contributed by atoms with Crippen LogP contribution in [0.25, 0.3) is 0 Å². The first-order valence-corrected chi connectivity index (χ1v) is 6.27. The van der Waals surface area contributed by atoms with Crippen LogP contribution in [0.15, 0.2) is 48.5 Å². The highest BCUT2D eigenvalue weighted by molar-refractivity contribution is 6.30. The van der Waals surface area contributed by atoms with Crippen molar-refractivity contribution in [1.29, 1.82) is 0 Å². The number of hydrogen-bond acceptors (Lipinski definition) is 2. The number of aliphatic hydroxyl groups excluding tert-OH is 1. The summed E-state index contributed by atoms with van der Waals surface area (Å²) >= 11 is 5.86. The molecule has 0 aliphatic rings. The quantitative estimate of drug-likeness (QED) is 0.878. The van der Waals surface area contributed by atoms with Crippen LogP contribution in [0.5, 0.6) is 0 Å². The number of halogens is 1. The third kappa shape index (κ3) is 3.03. The molecule has 1 unspecified atom stereocenters. The normalized spacial score (nSPS) is 12.2. The Labute approximate surface area is 112 Å². The van der Waals surface area contributed by atoms with E-state index in [0.29, 0.717) is 5.02 Å². The summed E-state index contributed by atoms with van der Waals surface area (Å²) in [5, 5.41) is 13.5. The predicted octanol–water partition coefficient (Wildman–Crippen LogP) is 3.79. The molecule has 0 radical (unpaired) electrons.